The van der Waals surface area contributed by atoms with E-state index >= 15 is 0 Å². The minimum atomic E-state index is -1.84. The summed E-state index contributed by atoms with van der Waals surface area (Å²) in [6, 6.07) is 28.7. The van der Waals surface area contributed by atoms with E-state index in [1.54, 1.807) is 62.4 Å². The molecule has 1 aliphatic heterocycles. The molecule has 0 bridgehead atoms. The largest absolute Gasteiger partial charge is 0.388 e. The number of carbonyl (C=O) groups excluding carboxylic acids is 6. The van der Waals surface area contributed by atoms with Crippen LogP contribution in [0, 0.1) is 29.1 Å². The van der Waals surface area contributed by atoms with Crippen molar-refractivity contribution in [1.29, 1.82) is 0 Å². The summed E-state index contributed by atoms with van der Waals surface area (Å²) in [7, 11) is 5.58. The lowest BCUT2D eigenvalue weighted by Gasteiger charge is -2.36. The topological polar surface area (TPSA) is 210 Å². The Balaban J connectivity index is 0.000000333. The van der Waals surface area contributed by atoms with Crippen molar-refractivity contribution in [3.8, 4) is 23.7 Å². The number of carbonyl (C=O) groups is 6. The third-order valence-electron chi connectivity index (χ3n) is 12.5. The van der Waals surface area contributed by atoms with Gasteiger partial charge >= 0.3 is 0 Å². The van der Waals surface area contributed by atoms with E-state index in [1.807, 2.05) is 48.5 Å². The van der Waals surface area contributed by atoms with Crippen LogP contribution < -0.4 is 10.6 Å². The second-order valence-electron chi connectivity index (χ2n) is 20.5. The third kappa shape index (κ3) is 17.8. The van der Waals surface area contributed by atoms with E-state index in [1.165, 1.54) is 42.0 Å². The van der Waals surface area contributed by atoms with Crippen LogP contribution in [0.3, 0.4) is 0 Å². The van der Waals surface area contributed by atoms with Crippen molar-refractivity contribution in [3.05, 3.63) is 142 Å². The van der Waals surface area contributed by atoms with Gasteiger partial charge in [-0.15, -0.1) is 0 Å². The van der Waals surface area contributed by atoms with Crippen LogP contribution in [0.1, 0.15) is 122 Å². The summed E-state index contributed by atoms with van der Waals surface area (Å²) >= 11 is 0. The number of amides is 4. The number of nitrogens with zero attached hydrogens (tertiary/aromatic N) is 2. The van der Waals surface area contributed by atoms with Crippen molar-refractivity contribution in [1.82, 2.24) is 20.4 Å². The molecule has 16 heteroatoms. The predicted octanol–water partition coefficient (Wildman–Crippen LogP) is 5.85. The minimum absolute atomic E-state index is 0.126. The van der Waals surface area contributed by atoms with Gasteiger partial charge in [0.15, 0.2) is 28.9 Å². The van der Waals surface area contributed by atoms with Crippen molar-refractivity contribution in [2.75, 3.05) is 61.2 Å². The molecule has 4 aromatic carbocycles. The zero-order valence-electron chi connectivity index (χ0n) is 45.8. The maximum absolute atomic E-state index is 13.4. The lowest BCUT2D eigenvalue weighted by Crippen LogP contribution is -2.62. The lowest BCUT2D eigenvalue weighted by atomic mass is 9.92. The highest BCUT2D eigenvalue weighted by Gasteiger charge is 2.47. The summed E-state index contributed by atoms with van der Waals surface area (Å²) in [5.74, 6) is 8.72. The first-order valence-corrected chi connectivity index (χ1v) is 25.1. The Morgan fingerprint density at radius 3 is 1.32 bits per heavy atom. The standard InChI is InChI=1S/C33H42N2O6.C27H32N2O6/c1-32(2,3)23-39-21-26-14-12-24(13-15-26)10-11-25-16-18-27(19-17-25)30(37)35(6)33(4,31(38)34-5)28(36)22-41-29-9-7-8-20-40-29;1-26(2,34)18-35-17-21-10-8-19(9-11-21)6-7-20-12-14-22(15-13-20)24(32)29(5)27(3,23(31)16-30)25(33)28-4/h12-19,29H,7-9,20-23H2,1-6H3,(H,34,38);8-15,30,34H,16-18H2,1-5H3,(H,28,33)/t29?,33-;27-/m11/s1. The molecule has 0 saturated carbocycles. The minimum Gasteiger partial charge on any atom is -0.388 e. The van der Waals surface area contributed by atoms with Gasteiger partial charge in [0.25, 0.3) is 23.6 Å². The Morgan fingerprint density at radius 2 is 0.974 bits per heavy atom. The van der Waals surface area contributed by atoms with Gasteiger partial charge in [-0.2, -0.15) is 0 Å². The van der Waals surface area contributed by atoms with Gasteiger partial charge in [0, 0.05) is 68.2 Å². The van der Waals surface area contributed by atoms with Crippen LogP contribution in [-0.4, -0.2) is 139 Å². The van der Waals surface area contributed by atoms with E-state index in [9.17, 15) is 39.0 Å². The zero-order valence-corrected chi connectivity index (χ0v) is 45.8. The molecule has 0 radical (unpaired) electrons. The first-order chi connectivity index (χ1) is 35.9. The van der Waals surface area contributed by atoms with Crippen molar-refractivity contribution < 1.29 is 57.9 Å². The number of aliphatic hydroxyl groups is 2. The van der Waals surface area contributed by atoms with Crippen molar-refractivity contribution >= 4 is 35.2 Å². The van der Waals surface area contributed by atoms with Crippen LogP contribution in [-0.2, 0) is 51.3 Å². The van der Waals surface area contributed by atoms with Gasteiger partial charge in [0.1, 0.15) is 13.2 Å². The molecule has 1 heterocycles. The Hall–Kier alpha value is -7.02. The summed E-state index contributed by atoms with van der Waals surface area (Å²) < 4.78 is 22.4. The second kappa shape index (κ2) is 28.2. The van der Waals surface area contributed by atoms with E-state index in [2.05, 4.69) is 55.1 Å². The highest BCUT2D eigenvalue weighted by atomic mass is 16.7. The van der Waals surface area contributed by atoms with E-state index in [0.29, 0.717) is 44.0 Å². The molecule has 406 valence electrons. The Bertz CT molecular complexity index is 2720. The molecule has 1 fully saturated rings. The van der Waals surface area contributed by atoms with Crippen LogP contribution in [0.4, 0.5) is 0 Å². The number of Topliss-reactive ketones (excluding diaryl/α,β-unsaturated/α-hetero) is 2. The molecule has 4 amide bonds. The van der Waals surface area contributed by atoms with E-state index in [-0.39, 0.29) is 24.2 Å². The normalized spacial score (nSPS) is 14.8. The summed E-state index contributed by atoms with van der Waals surface area (Å²) in [6.45, 7) is 13.8. The molecular weight excluding hydrogens is 969 g/mol. The average molecular weight is 1040 g/mol. The fourth-order valence-corrected chi connectivity index (χ4v) is 7.46. The molecule has 0 aromatic heterocycles. The van der Waals surface area contributed by atoms with Crippen LogP contribution in [0.25, 0.3) is 0 Å². The second-order valence-corrected chi connectivity index (χ2v) is 20.5. The highest BCUT2D eigenvalue weighted by molar-refractivity contribution is 6.15. The molecule has 0 spiro atoms. The SMILES string of the molecule is CNC(=O)[C@@](C)(C(=O)CO)N(C)C(=O)c1ccc(C#Cc2ccc(COCC(C)(C)O)cc2)cc1.CNC(=O)[C@@](C)(C(=O)COC1CCCCO1)N(C)C(=O)c1ccc(C#Cc2ccc(COCC(C)(C)C)cc2)cc1. The third-order valence-corrected chi connectivity index (χ3v) is 12.5. The number of aliphatic hydroxyl groups excluding tert-OH is 1. The molecule has 5 rings (SSSR count). The van der Waals surface area contributed by atoms with E-state index in [0.717, 1.165) is 50.5 Å². The number of rotatable bonds is 19. The summed E-state index contributed by atoms with van der Waals surface area (Å²) in [6.07, 6.45) is 2.10. The van der Waals surface area contributed by atoms with Crippen LogP contribution in [0.15, 0.2) is 97.1 Å². The Labute approximate surface area is 447 Å². The molecule has 3 atom stereocenters. The maximum Gasteiger partial charge on any atom is 0.254 e. The molecule has 0 aliphatic carbocycles. The summed E-state index contributed by atoms with van der Waals surface area (Å²) in [5, 5.41) is 23.9. The Morgan fingerprint density at radius 1 is 0.592 bits per heavy atom. The first kappa shape index (κ1) is 61.5. The molecule has 16 nitrogen and oxygen atoms in total. The summed E-state index contributed by atoms with van der Waals surface area (Å²) in [5.41, 5.74) is 1.39. The van der Waals surface area contributed by atoms with Crippen molar-refractivity contribution in [2.24, 2.45) is 5.41 Å². The Kier molecular flexibility index (Phi) is 22.8. The van der Waals surface area contributed by atoms with Gasteiger partial charge < -0.3 is 49.6 Å². The molecule has 1 unspecified atom stereocenters. The monoisotopic (exact) mass is 1040 g/mol. The van der Waals surface area contributed by atoms with Gasteiger partial charge in [-0.25, -0.2) is 0 Å². The fraction of sp³-hybridized carbons (Fsp3) is 0.433. The van der Waals surface area contributed by atoms with Gasteiger partial charge in [0.05, 0.1) is 32.0 Å². The number of hydrogen-bond donors (Lipinski definition) is 4. The van der Waals surface area contributed by atoms with Crippen LogP contribution in [0.5, 0.6) is 0 Å². The van der Waals surface area contributed by atoms with Crippen LogP contribution in [0.2, 0.25) is 0 Å². The summed E-state index contributed by atoms with van der Waals surface area (Å²) in [4.78, 5) is 79.1. The van der Waals surface area contributed by atoms with E-state index < -0.39 is 64.8 Å². The molecule has 4 aromatic rings. The smallest absolute Gasteiger partial charge is 0.254 e. The first-order valence-electron chi connectivity index (χ1n) is 25.1. The predicted molar refractivity (Wildman–Crippen MR) is 289 cm³/mol. The van der Waals surface area contributed by atoms with Crippen molar-refractivity contribution in [2.45, 2.75) is 104 Å². The lowest BCUT2D eigenvalue weighted by molar-refractivity contribution is -0.174. The molecule has 76 heavy (non-hydrogen) atoms. The number of nitrogens with one attached hydrogen (secondary N) is 2. The number of benzene rings is 4. The van der Waals surface area contributed by atoms with Crippen molar-refractivity contribution in [3.63, 3.8) is 0 Å². The molecule has 4 N–H and O–H groups in total. The van der Waals surface area contributed by atoms with Gasteiger partial charge in [0.2, 0.25) is 0 Å². The number of hydrogen-bond acceptors (Lipinski definition) is 12. The zero-order chi connectivity index (χ0) is 56.3. The maximum atomic E-state index is 13.4. The van der Waals surface area contributed by atoms with Gasteiger partial charge in [-0.3, -0.25) is 28.8 Å². The molecule has 1 saturated heterocycles. The number of ether oxygens (including phenoxy) is 4. The number of likely N-dealkylation sites (N-methyl/N-ethyl adjacent to an activating group) is 4. The van der Waals surface area contributed by atoms with E-state index in [4.69, 9.17) is 18.9 Å². The van der Waals surface area contributed by atoms with Crippen LogP contribution >= 0.6 is 0 Å². The quantitative estimate of drug-likeness (QED) is 0.0644. The highest BCUT2D eigenvalue weighted by Crippen LogP contribution is 2.23. The van der Waals surface area contributed by atoms with Gasteiger partial charge in [-0.1, -0.05) is 68.7 Å². The van der Waals surface area contributed by atoms with Gasteiger partial charge in [-0.05, 0) is 136 Å². The number of ketones is 2. The molecule has 1 aliphatic rings. The molecular formula is C60H74N4O12. The average Bonchev–Trinajstić information content (AvgIpc) is 3.42. The fourth-order valence-electron chi connectivity index (χ4n) is 7.46.